The van der Waals surface area contributed by atoms with Crippen LogP contribution in [-0.2, 0) is 4.74 Å². The zero-order valence-corrected chi connectivity index (χ0v) is 9.91. The molecule has 6 nitrogen and oxygen atoms in total. The summed E-state index contributed by atoms with van der Waals surface area (Å²) in [5.41, 5.74) is 6.52. The average Bonchev–Trinajstić information content (AvgIpc) is 2.39. The highest BCUT2D eigenvalue weighted by atomic mass is 16.6. The molecule has 0 bridgehead atoms. The number of ether oxygens (including phenoxy) is 1. The van der Waals surface area contributed by atoms with Crippen molar-refractivity contribution in [2.45, 2.75) is 18.9 Å². The molecule has 1 aliphatic rings. The van der Waals surface area contributed by atoms with Crippen LogP contribution in [0.5, 0.6) is 5.75 Å². The lowest BCUT2D eigenvalue weighted by Gasteiger charge is -2.27. The van der Waals surface area contributed by atoms with E-state index in [-0.39, 0.29) is 23.4 Å². The van der Waals surface area contributed by atoms with Gasteiger partial charge in [0.15, 0.2) is 5.75 Å². The molecule has 0 saturated carbocycles. The second-order valence-electron chi connectivity index (χ2n) is 4.48. The van der Waals surface area contributed by atoms with Gasteiger partial charge in [-0.3, -0.25) is 10.1 Å². The molecule has 0 aliphatic carbocycles. The van der Waals surface area contributed by atoms with E-state index in [2.05, 4.69) is 0 Å². The summed E-state index contributed by atoms with van der Waals surface area (Å²) in [6.07, 6.45) is 1.71. The smallest absolute Gasteiger partial charge is 0.311 e. The van der Waals surface area contributed by atoms with Crippen molar-refractivity contribution in [2.75, 3.05) is 13.2 Å². The average molecular weight is 252 g/mol. The highest BCUT2D eigenvalue weighted by Gasteiger charge is 2.24. The van der Waals surface area contributed by atoms with E-state index < -0.39 is 4.92 Å². The van der Waals surface area contributed by atoms with Crippen molar-refractivity contribution in [3.05, 3.63) is 33.9 Å². The molecule has 1 fully saturated rings. The quantitative estimate of drug-likeness (QED) is 0.630. The Labute approximate surface area is 105 Å². The summed E-state index contributed by atoms with van der Waals surface area (Å²) in [5.74, 6) is -0.0641. The molecule has 0 amide bonds. The van der Waals surface area contributed by atoms with Gasteiger partial charge in [0.2, 0.25) is 0 Å². The Morgan fingerprint density at radius 3 is 2.72 bits per heavy atom. The van der Waals surface area contributed by atoms with Gasteiger partial charge in [-0.05, 0) is 30.4 Å². The first-order valence-corrected chi connectivity index (χ1v) is 5.90. The number of rotatable bonds is 3. The van der Waals surface area contributed by atoms with E-state index in [4.69, 9.17) is 10.5 Å². The molecule has 0 aromatic heterocycles. The topological polar surface area (TPSA) is 98.6 Å². The van der Waals surface area contributed by atoms with Crippen LogP contribution in [0.15, 0.2) is 18.2 Å². The molecule has 1 aromatic carbocycles. The predicted molar refractivity (Wildman–Crippen MR) is 65.2 cm³/mol. The van der Waals surface area contributed by atoms with Crippen molar-refractivity contribution in [1.29, 1.82) is 0 Å². The number of aromatic hydroxyl groups is 1. The van der Waals surface area contributed by atoms with E-state index in [0.717, 1.165) is 12.8 Å². The molecule has 1 saturated heterocycles. The van der Waals surface area contributed by atoms with E-state index >= 15 is 0 Å². The fourth-order valence-corrected chi connectivity index (χ4v) is 2.24. The number of benzene rings is 1. The van der Waals surface area contributed by atoms with E-state index in [0.29, 0.717) is 18.8 Å². The van der Waals surface area contributed by atoms with Gasteiger partial charge >= 0.3 is 5.69 Å². The van der Waals surface area contributed by atoms with Crippen molar-refractivity contribution in [1.82, 2.24) is 0 Å². The minimum absolute atomic E-state index is 0.256. The summed E-state index contributed by atoms with van der Waals surface area (Å²) >= 11 is 0. The minimum atomic E-state index is -0.602. The standard InChI is InChI=1S/C12H16N2O4/c13-12(8-3-5-18-6-4-8)9-1-2-11(15)10(7-9)14(16)17/h1-2,7-8,12,15H,3-6,13H2/t12-/m1/s1. The van der Waals surface area contributed by atoms with E-state index in [1.165, 1.54) is 12.1 Å². The summed E-state index contributed by atoms with van der Waals surface area (Å²) in [5, 5.41) is 20.2. The maximum Gasteiger partial charge on any atom is 0.311 e. The highest BCUT2D eigenvalue weighted by molar-refractivity contribution is 5.48. The summed E-state index contributed by atoms with van der Waals surface area (Å²) in [6.45, 7) is 1.36. The molecule has 1 aromatic rings. The number of nitro benzene ring substituents is 1. The van der Waals surface area contributed by atoms with Gasteiger partial charge < -0.3 is 15.6 Å². The number of phenolic OH excluding ortho intramolecular Hbond substituents is 1. The van der Waals surface area contributed by atoms with Crippen LogP contribution in [-0.4, -0.2) is 23.2 Å². The van der Waals surface area contributed by atoms with Crippen molar-refractivity contribution in [2.24, 2.45) is 11.7 Å². The van der Waals surface area contributed by atoms with Crippen molar-refractivity contribution < 1.29 is 14.8 Å². The zero-order valence-electron chi connectivity index (χ0n) is 9.91. The van der Waals surface area contributed by atoms with Gasteiger partial charge in [0.25, 0.3) is 0 Å². The number of phenols is 1. The summed E-state index contributed by atoms with van der Waals surface area (Å²) in [6, 6.07) is 4.07. The lowest BCUT2D eigenvalue weighted by molar-refractivity contribution is -0.385. The third kappa shape index (κ3) is 2.60. The van der Waals surface area contributed by atoms with E-state index in [9.17, 15) is 15.2 Å². The SMILES string of the molecule is N[C@@H](c1ccc(O)c([N+](=O)[O-])c1)C1CCOCC1. The van der Waals surface area contributed by atoms with Crippen molar-refractivity contribution >= 4 is 5.69 Å². The number of nitrogens with zero attached hydrogens (tertiary/aromatic N) is 1. The minimum Gasteiger partial charge on any atom is -0.502 e. The molecule has 0 unspecified atom stereocenters. The highest BCUT2D eigenvalue weighted by Crippen LogP contribution is 2.33. The van der Waals surface area contributed by atoms with Crippen LogP contribution in [0.1, 0.15) is 24.4 Å². The van der Waals surface area contributed by atoms with Crippen molar-refractivity contribution in [3.8, 4) is 5.75 Å². The van der Waals surface area contributed by atoms with Crippen LogP contribution in [0.2, 0.25) is 0 Å². The maximum atomic E-state index is 10.8. The maximum absolute atomic E-state index is 10.8. The molecule has 98 valence electrons. The number of hydrogen-bond donors (Lipinski definition) is 2. The van der Waals surface area contributed by atoms with Crippen LogP contribution in [0, 0.1) is 16.0 Å². The molecule has 0 spiro atoms. The molecule has 3 N–H and O–H groups in total. The Morgan fingerprint density at radius 2 is 2.11 bits per heavy atom. The molecule has 0 radical (unpaired) electrons. The normalized spacial score (nSPS) is 18.5. The lowest BCUT2D eigenvalue weighted by Crippen LogP contribution is -2.27. The van der Waals surface area contributed by atoms with Crippen LogP contribution in [0.4, 0.5) is 5.69 Å². The van der Waals surface area contributed by atoms with Crippen LogP contribution >= 0.6 is 0 Å². The van der Waals surface area contributed by atoms with Gasteiger partial charge in [0.1, 0.15) is 0 Å². The first-order chi connectivity index (χ1) is 8.59. The fourth-order valence-electron chi connectivity index (χ4n) is 2.24. The Kier molecular flexibility index (Phi) is 3.78. The van der Waals surface area contributed by atoms with Gasteiger partial charge in [0.05, 0.1) is 4.92 Å². The first kappa shape index (κ1) is 12.8. The summed E-state index contributed by atoms with van der Waals surface area (Å²) in [7, 11) is 0. The van der Waals surface area contributed by atoms with E-state index in [1.54, 1.807) is 6.07 Å². The monoisotopic (exact) mass is 252 g/mol. The number of nitrogens with two attached hydrogens (primary N) is 1. The third-order valence-corrected chi connectivity index (χ3v) is 3.35. The molecule has 18 heavy (non-hydrogen) atoms. The number of nitro groups is 1. The van der Waals surface area contributed by atoms with Gasteiger partial charge in [-0.1, -0.05) is 6.07 Å². The second-order valence-corrected chi connectivity index (χ2v) is 4.48. The molecular formula is C12H16N2O4. The van der Waals surface area contributed by atoms with Gasteiger partial charge in [-0.25, -0.2) is 0 Å². The molecular weight excluding hydrogens is 236 g/mol. The third-order valence-electron chi connectivity index (χ3n) is 3.35. The first-order valence-electron chi connectivity index (χ1n) is 5.90. The van der Waals surface area contributed by atoms with Crippen LogP contribution < -0.4 is 5.73 Å². The van der Waals surface area contributed by atoms with Crippen LogP contribution in [0.25, 0.3) is 0 Å². The van der Waals surface area contributed by atoms with E-state index in [1.807, 2.05) is 0 Å². The van der Waals surface area contributed by atoms with Gasteiger partial charge in [-0.2, -0.15) is 0 Å². The molecule has 1 heterocycles. The largest absolute Gasteiger partial charge is 0.502 e. The second kappa shape index (κ2) is 5.32. The van der Waals surface area contributed by atoms with Gasteiger partial charge in [-0.15, -0.1) is 0 Å². The fraction of sp³-hybridized carbons (Fsp3) is 0.500. The summed E-state index contributed by atoms with van der Waals surface area (Å²) in [4.78, 5) is 10.2. The molecule has 1 atom stereocenters. The Bertz CT molecular complexity index is 444. The summed E-state index contributed by atoms with van der Waals surface area (Å²) < 4.78 is 5.26. The molecule has 6 heteroatoms. The predicted octanol–water partition coefficient (Wildman–Crippen LogP) is 1.73. The van der Waals surface area contributed by atoms with Crippen molar-refractivity contribution in [3.63, 3.8) is 0 Å². The lowest BCUT2D eigenvalue weighted by atomic mass is 9.87. The Morgan fingerprint density at radius 1 is 1.44 bits per heavy atom. The zero-order chi connectivity index (χ0) is 13.1. The van der Waals surface area contributed by atoms with Crippen LogP contribution in [0.3, 0.4) is 0 Å². The Balaban J connectivity index is 2.21. The Hall–Kier alpha value is -1.66. The molecule has 1 aliphatic heterocycles. The van der Waals surface area contributed by atoms with Gasteiger partial charge in [0, 0.05) is 25.3 Å². The molecule has 2 rings (SSSR count). The number of hydrogen-bond acceptors (Lipinski definition) is 5.